The normalized spacial score (nSPS) is 15.0. The Morgan fingerprint density at radius 3 is 2.45 bits per heavy atom. The quantitative estimate of drug-likeness (QED) is 0.527. The second kappa shape index (κ2) is 12.7. The molecule has 0 saturated heterocycles. The standard InChI is InChI=1S/C27H36N2O3S/c1-20-9-7-8-10-23(20)17-29(21(2)27(31)28-24-11-5-4-6-12-24)26(30)19-33-18-22-13-15-25(32-3)16-14-22/h7-10,13-16,21,24H,4-6,11-12,17-19H2,1-3H3,(H,28,31). The topological polar surface area (TPSA) is 58.6 Å². The van der Waals surface area contributed by atoms with Crippen molar-refractivity contribution >= 4 is 23.6 Å². The third-order valence-electron chi connectivity index (χ3n) is 6.37. The highest BCUT2D eigenvalue weighted by Crippen LogP contribution is 2.21. The van der Waals surface area contributed by atoms with E-state index in [1.165, 1.54) is 6.42 Å². The number of rotatable bonds is 10. The van der Waals surface area contributed by atoms with Gasteiger partial charge in [0.25, 0.3) is 0 Å². The van der Waals surface area contributed by atoms with Crippen molar-refractivity contribution in [2.24, 2.45) is 0 Å². The van der Waals surface area contributed by atoms with Crippen LogP contribution in [0.5, 0.6) is 5.75 Å². The van der Waals surface area contributed by atoms with Crippen LogP contribution in [0.15, 0.2) is 48.5 Å². The molecule has 1 fully saturated rings. The maximum absolute atomic E-state index is 13.3. The molecule has 2 aromatic carbocycles. The zero-order valence-electron chi connectivity index (χ0n) is 20.0. The van der Waals surface area contributed by atoms with Crippen LogP contribution in [0.2, 0.25) is 0 Å². The molecule has 2 aromatic rings. The Morgan fingerprint density at radius 1 is 1.09 bits per heavy atom. The summed E-state index contributed by atoms with van der Waals surface area (Å²) in [7, 11) is 1.65. The van der Waals surface area contributed by atoms with Crippen LogP contribution in [-0.2, 0) is 21.9 Å². The molecule has 0 bridgehead atoms. The number of ether oxygens (including phenoxy) is 1. The summed E-state index contributed by atoms with van der Waals surface area (Å²) in [5.74, 6) is 1.82. The molecule has 0 aromatic heterocycles. The summed E-state index contributed by atoms with van der Waals surface area (Å²) in [6, 6.07) is 15.7. The van der Waals surface area contributed by atoms with Gasteiger partial charge in [-0.15, -0.1) is 11.8 Å². The molecule has 1 unspecified atom stereocenters. The van der Waals surface area contributed by atoms with Crippen LogP contribution in [0, 0.1) is 6.92 Å². The van der Waals surface area contributed by atoms with Gasteiger partial charge in [-0.2, -0.15) is 0 Å². The molecule has 1 N–H and O–H groups in total. The fraction of sp³-hybridized carbons (Fsp3) is 0.481. The number of methoxy groups -OCH3 is 1. The number of thioether (sulfide) groups is 1. The number of benzene rings is 2. The van der Waals surface area contributed by atoms with Crippen molar-refractivity contribution in [3.63, 3.8) is 0 Å². The summed E-state index contributed by atoms with van der Waals surface area (Å²) >= 11 is 1.57. The number of aryl methyl sites for hydroxylation is 1. The number of hydrogen-bond donors (Lipinski definition) is 1. The summed E-state index contributed by atoms with van der Waals surface area (Å²) in [4.78, 5) is 28.1. The number of hydrogen-bond acceptors (Lipinski definition) is 4. The first-order valence-electron chi connectivity index (χ1n) is 11.8. The number of amides is 2. The first-order valence-corrected chi connectivity index (χ1v) is 13.0. The van der Waals surface area contributed by atoms with Gasteiger partial charge in [-0.1, -0.05) is 55.7 Å². The van der Waals surface area contributed by atoms with Crippen molar-refractivity contribution in [1.82, 2.24) is 10.2 Å². The average molecular weight is 469 g/mol. The first-order chi connectivity index (χ1) is 16.0. The van der Waals surface area contributed by atoms with Gasteiger partial charge in [0.1, 0.15) is 11.8 Å². The highest BCUT2D eigenvalue weighted by molar-refractivity contribution is 7.99. The fourth-order valence-corrected chi connectivity index (χ4v) is 5.05. The number of carbonyl (C=O) groups excluding carboxylic acids is 2. The van der Waals surface area contributed by atoms with Gasteiger partial charge in [-0.25, -0.2) is 0 Å². The molecule has 5 nitrogen and oxygen atoms in total. The first kappa shape index (κ1) is 25.2. The van der Waals surface area contributed by atoms with Crippen LogP contribution in [0.1, 0.15) is 55.7 Å². The highest BCUT2D eigenvalue weighted by Gasteiger charge is 2.28. The van der Waals surface area contributed by atoms with Gasteiger partial charge in [-0.3, -0.25) is 9.59 Å². The van der Waals surface area contributed by atoms with E-state index < -0.39 is 6.04 Å². The van der Waals surface area contributed by atoms with E-state index in [0.717, 1.165) is 53.9 Å². The summed E-state index contributed by atoms with van der Waals surface area (Å²) < 4.78 is 5.21. The van der Waals surface area contributed by atoms with E-state index in [0.29, 0.717) is 12.3 Å². The van der Waals surface area contributed by atoms with E-state index >= 15 is 0 Å². The molecule has 1 atom stereocenters. The third kappa shape index (κ3) is 7.53. The Kier molecular flexibility index (Phi) is 9.67. The molecule has 3 rings (SSSR count). The van der Waals surface area contributed by atoms with Crippen LogP contribution < -0.4 is 10.1 Å². The SMILES string of the molecule is COc1ccc(CSCC(=O)N(Cc2ccccc2C)C(C)C(=O)NC2CCCCC2)cc1. The minimum atomic E-state index is -0.513. The second-order valence-electron chi connectivity index (χ2n) is 8.81. The molecular weight excluding hydrogens is 432 g/mol. The van der Waals surface area contributed by atoms with E-state index in [2.05, 4.69) is 5.32 Å². The lowest BCUT2D eigenvalue weighted by Gasteiger charge is -2.31. The van der Waals surface area contributed by atoms with E-state index in [9.17, 15) is 9.59 Å². The van der Waals surface area contributed by atoms with E-state index in [-0.39, 0.29) is 17.9 Å². The number of nitrogens with one attached hydrogen (secondary N) is 1. The summed E-state index contributed by atoms with van der Waals surface area (Å²) in [5.41, 5.74) is 3.34. The lowest BCUT2D eigenvalue weighted by Crippen LogP contribution is -2.50. The van der Waals surface area contributed by atoms with Crippen molar-refractivity contribution in [2.45, 2.75) is 70.3 Å². The molecule has 0 heterocycles. The predicted octanol–water partition coefficient (Wildman–Crippen LogP) is 5.10. The molecule has 0 radical (unpaired) electrons. The monoisotopic (exact) mass is 468 g/mol. The highest BCUT2D eigenvalue weighted by atomic mass is 32.2. The van der Waals surface area contributed by atoms with Gasteiger partial charge in [0.05, 0.1) is 12.9 Å². The molecule has 1 saturated carbocycles. The van der Waals surface area contributed by atoms with Crippen molar-refractivity contribution in [3.05, 3.63) is 65.2 Å². The smallest absolute Gasteiger partial charge is 0.242 e. The van der Waals surface area contributed by atoms with Crippen LogP contribution in [0.3, 0.4) is 0 Å². The average Bonchev–Trinajstić information content (AvgIpc) is 2.84. The zero-order valence-corrected chi connectivity index (χ0v) is 20.8. The van der Waals surface area contributed by atoms with Crippen molar-refractivity contribution < 1.29 is 14.3 Å². The number of carbonyl (C=O) groups is 2. The molecule has 0 aliphatic heterocycles. The van der Waals surface area contributed by atoms with Gasteiger partial charge < -0.3 is 15.0 Å². The molecular formula is C27H36N2O3S. The Hall–Kier alpha value is -2.47. The molecule has 33 heavy (non-hydrogen) atoms. The molecule has 1 aliphatic carbocycles. The van der Waals surface area contributed by atoms with Crippen molar-refractivity contribution in [1.29, 1.82) is 0 Å². The Balaban J connectivity index is 1.64. The van der Waals surface area contributed by atoms with Gasteiger partial charge in [-0.05, 0) is 55.5 Å². The third-order valence-corrected chi connectivity index (χ3v) is 7.36. The maximum atomic E-state index is 13.3. The van der Waals surface area contributed by atoms with Crippen LogP contribution >= 0.6 is 11.8 Å². The van der Waals surface area contributed by atoms with Gasteiger partial charge >= 0.3 is 0 Å². The Morgan fingerprint density at radius 2 is 1.79 bits per heavy atom. The molecule has 2 amide bonds. The molecule has 178 valence electrons. The lowest BCUT2D eigenvalue weighted by molar-refractivity contribution is -0.139. The lowest BCUT2D eigenvalue weighted by atomic mass is 9.95. The number of nitrogens with zero attached hydrogens (tertiary/aromatic N) is 1. The van der Waals surface area contributed by atoms with Crippen molar-refractivity contribution in [3.8, 4) is 5.75 Å². The molecule has 1 aliphatic rings. The van der Waals surface area contributed by atoms with Gasteiger partial charge in [0.15, 0.2) is 0 Å². The Bertz CT molecular complexity index is 910. The summed E-state index contributed by atoms with van der Waals surface area (Å²) in [5, 5.41) is 3.20. The van der Waals surface area contributed by atoms with E-state index in [1.807, 2.05) is 62.4 Å². The largest absolute Gasteiger partial charge is 0.497 e. The van der Waals surface area contributed by atoms with E-state index in [4.69, 9.17) is 4.74 Å². The zero-order chi connectivity index (χ0) is 23.6. The van der Waals surface area contributed by atoms with Gasteiger partial charge in [0.2, 0.25) is 11.8 Å². The fourth-order valence-electron chi connectivity index (χ4n) is 4.18. The van der Waals surface area contributed by atoms with Crippen LogP contribution in [0.4, 0.5) is 0 Å². The molecule has 0 spiro atoms. The second-order valence-corrected chi connectivity index (χ2v) is 9.79. The van der Waals surface area contributed by atoms with Gasteiger partial charge in [0, 0.05) is 18.3 Å². The summed E-state index contributed by atoms with van der Waals surface area (Å²) in [6.45, 7) is 4.33. The molecule has 6 heteroatoms. The Labute approximate surface area is 202 Å². The van der Waals surface area contributed by atoms with Crippen LogP contribution in [-0.4, -0.2) is 41.7 Å². The van der Waals surface area contributed by atoms with Crippen LogP contribution in [0.25, 0.3) is 0 Å². The minimum Gasteiger partial charge on any atom is -0.497 e. The minimum absolute atomic E-state index is 0.0111. The maximum Gasteiger partial charge on any atom is 0.242 e. The summed E-state index contributed by atoms with van der Waals surface area (Å²) in [6.07, 6.45) is 5.62. The van der Waals surface area contributed by atoms with E-state index in [1.54, 1.807) is 23.8 Å². The van der Waals surface area contributed by atoms with Crippen molar-refractivity contribution in [2.75, 3.05) is 12.9 Å². The predicted molar refractivity (Wildman–Crippen MR) is 135 cm³/mol.